The van der Waals surface area contributed by atoms with Crippen molar-refractivity contribution in [2.24, 2.45) is 0 Å². The Hall–Kier alpha value is -2.90. The highest BCUT2D eigenvalue weighted by atomic mass is 32.2. The Morgan fingerprint density at radius 3 is 2.71 bits per heavy atom. The number of ether oxygens (including phenoxy) is 1. The fourth-order valence-electron chi connectivity index (χ4n) is 3.24. The Labute approximate surface area is 163 Å². The van der Waals surface area contributed by atoms with Crippen molar-refractivity contribution in [2.75, 3.05) is 20.2 Å². The maximum absolute atomic E-state index is 13.4. The lowest BCUT2D eigenvalue weighted by Crippen LogP contribution is -2.11. The highest BCUT2D eigenvalue weighted by molar-refractivity contribution is 7.91. The molecule has 6 nitrogen and oxygen atoms in total. The molecular formula is C21H21N3O3S. The monoisotopic (exact) mass is 395 g/mol. The Kier molecular flexibility index (Phi) is 5.02. The predicted octanol–water partition coefficient (Wildman–Crippen LogP) is 3.54. The summed E-state index contributed by atoms with van der Waals surface area (Å²) in [5, 5.41) is 12.1. The fraction of sp³-hybridized carbons (Fsp3) is 0.190. The van der Waals surface area contributed by atoms with Gasteiger partial charge in [-0.25, -0.2) is 8.42 Å². The number of hydrogen-bond acceptors (Lipinski definition) is 5. The first kappa shape index (κ1) is 18.5. The van der Waals surface area contributed by atoms with Gasteiger partial charge in [-0.3, -0.25) is 5.10 Å². The van der Waals surface area contributed by atoms with Crippen molar-refractivity contribution in [3.05, 3.63) is 60.7 Å². The Morgan fingerprint density at radius 1 is 1.04 bits per heavy atom. The van der Waals surface area contributed by atoms with E-state index in [1.165, 1.54) is 0 Å². The summed E-state index contributed by atoms with van der Waals surface area (Å²) in [6, 6.07) is 18.0. The van der Waals surface area contributed by atoms with Crippen molar-refractivity contribution < 1.29 is 13.2 Å². The smallest absolute Gasteiger partial charge is 0.226 e. The van der Waals surface area contributed by atoms with Crippen LogP contribution in [0.2, 0.25) is 0 Å². The van der Waals surface area contributed by atoms with Crippen molar-refractivity contribution in [1.29, 1.82) is 0 Å². The first-order chi connectivity index (χ1) is 13.6. The molecule has 0 atom stereocenters. The van der Waals surface area contributed by atoms with Gasteiger partial charge < -0.3 is 10.1 Å². The predicted molar refractivity (Wildman–Crippen MR) is 110 cm³/mol. The second-order valence-electron chi connectivity index (χ2n) is 6.52. The summed E-state index contributed by atoms with van der Waals surface area (Å²) in [7, 11) is -1.91. The topological polar surface area (TPSA) is 84.1 Å². The van der Waals surface area contributed by atoms with Crippen LogP contribution < -0.4 is 10.1 Å². The molecule has 4 rings (SSSR count). The van der Waals surface area contributed by atoms with Crippen molar-refractivity contribution in [3.63, 3.8) is 0 Å². The quantitative estimate of drug-likeness (QED) is 0.468. The van der Waals surface area contributed by atoms with Crippen LogP contribution in [-0.2, 0) is 9.84 Å². The fourth-order valence-corrected chi connectivity index (χ4v) is 4.80. The molecule has 0 spiro atoms. The Bertz CT molecular complexity index is 1230. The van der Waals surface area contributed by atoms with E-state index in [2.05, 4.69) is 15.5 Å². The Morgan fingerprint density at radius 2 is 1.86 bits per heavy atom. The standard InChI is InChI=1S/C21H21N3O3S/c1-22-12-5-13-27-16-10-11-19-18(14-16)21(24-23-19)28(25,26)20-9-4-7-15-6-2-3-8-17(15)20/h2-4,6-11,14,22H,5,12-13H2,1H3,(H,23,24). The van der Waals surface area contributed by atoms with Crippen LogP contribution in [0.25, 0.3) is 21.7 Å². The highest BCUT2D eigenvalue weighted by Gasteiger charge is 2.25. The van der Waals surface area contributed by atoms with E-state index in [0.29, 0.717) is 28.6 Å². The summed E-state index contributed by atoms with van der Waals surface area (Å²) < 4.78 is 32.6. The minimum absolute atomic E-state index is 0.0135. The molecule has 0 radical (unpaired) electrons. The molecule has 0 saturated heterocycles. The number of sulfone groups is 1. The lowest BCUT2D eigenvalue weighted by Gasteiger charge is -2.08. The van der Waals surface area contributed by atoms with Gasteiger partial charge in [-0.2, -0.15) is 5.10 Å². The molecule has 2 N–H and O–H groups in total. The average molecular weight is 395 g/mol. The zero-order valence-corrected chi connectivity index (χ0v) is 16.3. The molecule has 0 aliphatic carbocycles. The van der Waals surface area contributed by atoms with Crippen molar-refractivity contribution in [3.8, 4) is 5.75 Å². The third-order valence-corrected chi connectivity index (χ3v) is 6.39. The van der Waals surface area contributed by atoms with E-state index in [0.717, 1.165) is 18.4 Å². The van der Waals surface area contributed by atoms with Gasteiger partial charge in [-0.1, -0.05) is 36.4 Å². The molecule has 0 bridgehead atoms. The van der Waals surface area contributed by atoms with Gasteiger partial charge in [0.2, 0.25) is 9.84 Å². The molecule has 3 aromatic carbocycles. The molecule has 28 heavy (non-hydrogen) atoms. The number of fused-ring (bicyclic) bond motifs is 2. The van der Waals surface area contributed by atoms with Gasteiger partial charge in [-0.15, -0.1) is 0 Å². The molecule has 0 unspecified atom stereocenters. The summed E-state index contributed by atoms with van der Waals surface area (Å²) in [5.74, 6) is 0.624. The maximum Gasteiger partial charge on any atom is 0.226 e. The van der Waals surface area contributed by atoms with Crippen LogP contribution in [0, 0.1) is 0 Å². The van der Waals surface area contributed by atoms with E-state index in [9.17, 15) is 8.42 Å². The van der Waals surface area contributed by atoms with Gasteiger partial charge in [0.05, 0.1) is 17.0 Å². The largest absolute Gasteiger partial charge is 0.494 e. The van der Waals surface area contributed by atoms with Gasteiger partial charge in [-0.05, 0) is 49.7 Å². The number of H-pyrrole nitrogens is 1. The average Bonchev–Trinajstić information content (AvgIpc) is 3.15. The second kappa shape index (κ2) is 7.61. The number of aromatic nitrogens is 2. The van der Waals surface area contributed by atoms with E-state index in [4.69, 9.17) is 4.74 Å². The number of hydrogen-bond donors (Lipinski definition) is 2. The third kappa shape index (κ3) is 3.34. The van der Waals surface area contributed by atoms with Crippen LogP contribution in [0.15, 0.2) is 70.6 Å². The van der Waals surface area contributed by atoms with Gasteiger partial charge in [0, 0.05) is 10.8 Å². The van der Waals surface area contributed by atoms with Gasteiger partial charge >= 0.3 is 0 Å². The van der Waals surface area contributed by atoms with Crippen molar-refractivity contribution in [1.82, 2.24) is 15.5 Å². The molecule has 0 aliphatic rings. The summed E-state index contributed by atoms with van der Waals surface area (Å²) >= 11 is 0. The highest BCUT2D eigenvalue weighted by Crippen LogP contribution is 2.32. The number of aromatic amines is 1. The molecule has 7 heteroatoms. The third-order valence-electron chi connectivity index (χ3n) is 4.63. The molecule has 0 aliphatic heterocycles. The second-order valence-corrected chi connectivity index (χ2v) is 8.36. The minimum atomic E-state index is -3.80. The van der Waals surface area contributed by atoms with Crippen molar-refractivity contribution in [2.45, 2.75) is 16.3 Å². The zero-order chi connectivity index (χ0) is 19.6. The van der Waals surface area contributed by atoms with Crippen LogP contribution in [0.3, 0.4) is 0 Å². The molecular weight excluding hydrogens is 374 g/mol. The normalized spacial score (nSPS) is 11.9. The van der Waals surface area contributed by atoms with Crippen LogP contribution in [0.5, 0.6) is 5.75 Å². The number of benzene rings is 3. The van der Waals surface area contributed by atoms with E-state index in [1.807, 2.05) is 43.4 Å². The summed E-state index contributed by atoms with van der Waals surface area (Å²) in [5.41, 5.74) is 0.654. The van der Waals surface area contributed by atoms with Crippen LogP contribution in [-0.4, -0.2) is 38.8 Å². The lowest BCUT2D eigenvalue weighted by molar-refractivity contribution is 0.310. The van der Waals surface area contributed by atoms with Crippen LogP contribution in [0.4, 0.5) is 0 Å². The number of rotatable bonds is 7. The zero-order valence-electron chi connectivity index (χ0n) is 15.5. The number of nitrogens with zero attached hydrogens (tertiary/aromatic N) is 1. The SMILES string of the molecule is CNCCCOc1ccc2[nH]nc(S(=O)(=O)c3cccc4ccccc34)c2c1. The summed E-state index contributed by atoms with van der Waals surface area (Å²) in [4.78, 5) is 0.249. The van der Waals surface area contributed by atoms with E-state index < -0.39 is 9.84 Å². The first-order valence-electron chi connectivity index (χ1n) is 9.09. The van der Waals surface area contributed by atoms with Gasteiger partial charge in [0.15, 0.2) is 5.03 Å². The number of nitrogens with one attached hydrogen (secondary N) is 2. The molecule has 0 saturated carbocycles. The molecule has 1 heterocycles. The molecule has 144 valence electrons. The van der Waals surface area contributed by atoms with Gasteiger partial charge in [0.25, 0.3) is 0 Å². The molecule has 0 amide bonds. The van der Waals surface area contributed by atoms with E-state index in [-0.39, 0.29) is 9.92 Å². The summed E-state index contributed by atoms with van der Waals surface area (Å²) in [6.07, 6.45) is 0.862. The van der Waals surface area contributed by atoms with E-state index in [1.54, 1.807) is 24.3 Å². The van der Waals surface area contributed by atoms with E-state index >= 15 is 0 Å². The Balaban J connectivity index is 1.77. The van der Waals surface area contributed by atoms with Gasteiger partial charge in [0.1, 0.15) is 5.75 Å². The molecule has 1 aromatic heterocycles. The first-order valence-corrected chi connectivity index (χ1v) is 10.6. The lowest BCUT2D eigenvalue weighted by atomic mass is 10.1. The maximum atomic E-state index is 13.4. The molecule has 4 aromatic rings. The van der Waals surface area contributed by atoms with Crippen LogP contribution >= 0.6 is 0 Å². The molecule has 0 fully saturated rings. The minimum Gasteiger partial charge on any atom is -0.494 e. The summed E-state index contributed by atoms with van der Waals surface area (Å²) in [6.45, 7) is 1.41. The van der Waals surface area contributed by atoms with Crippen LogP contribution in [0.1, 0.15) is 6.42 Å². The van der Waals surface area contributed by atoms with Crippen molar-refractivity contribution >= 4 is 31.5 Å².